The molecule has 194 valence electrons. The van der Waals surface area contributed by atoms with Crippen LogP contribution in [0.2, 0.25) is 0 Å². The van der Waals surface area contributed by atoms with Gasteiger partial charge in [0.05, 0.1) is 17.7 Å². The molecule has 1 unspecified atom stereocenters. The van der Waals surface area contributed by atoms with Crippen LogP contribution in [0, 0.1) is 24.2 Å². The van der Waals surface area contributed by atoms with E-state index in [-0.39, 0.29) is 18.6 Å². The van der Waals surface area contributed by atoms with E-state index in [1.165, 1.54) is 11.1 Å². The Hall–Kier alpha value is -3.74. The van der Waals surface area contributed by atoms with Crippen LogP contribution in [0.4, 0.5) is 0 Å². The summed E-state index contributed by atoms with van der Waals surface area (Å²) in [4.78, 5) is 18.8. The Morgan fingerprint density at radius 3 is 2.68 bits per heavy atom. The van der Waals surface area contributed by atoms with Crippen molar-refractivity contribution in [2.75, 3.05) is 19.7 Å². The van der Waals surface area contributed by atoms with Crippen LogP contribution in [-0.2, 0) is 17.6 Å². The summed E-state index contributed by atoms with van der Waals surface area (Å²) < 4.78 is 11.3. The van der Waals surface area contributed by atoms with E-state index in [1.54, 1.807) is 18.2 Å². The monoisotopic (exact) mass is 503 g/mol. The molecule has 4 rings (SSSR count). The summed E-state index contributed by atoms with van der Waals surface area (Å²) in [5, 5.41) is 23.4. The van der Waals surface area contributed by atoms with Gasteiger partial charge in [0.2, 0.25) is 11.7 Å². The molecule has 2 heterocycles. The third kappa shape index (κ3) is 5.50. The maximum Gasteiger partial charge on any atom is 0.258 e. The first-order valence-electron chi connectivity index (χ1n) is 12.5. The van der Waals surface area contributed by atoms with E-state index in [0.29, 0.717) is 41.7 Å². The summed E-state index contributed by atoms with van der Waals surface area (Å²) in [6.45, 7) is 8.96. The smallest absolute Gasteiger partial charge is 0.258 e. The number of hydrogen-bond donors (Lipinski definition) is 2. The molecule has 1 aliphatic heterocycles. The second-order valence-electron chi connectivity index (χ2n) is 9.83. The lowest BCUT2D eigenvalue weighted by Gasteiger charge is -2.31. The fourth-order valence-electron chi connectivity index (χ4n) is 5.02. The van der Waals surface area contributed by atoms with Gasteiger partial charge in [0.25, 0.3) is 5.89 Å². The Morgan fingerprint density at radius 2 is 2.00 bits per heavy atom. The molecule has 2 atom stereocenters. The summed E-state index contributed by atoms with van der Waals surface area (Å²) in [7, 11) is 0. The predicted molar refractivity (Wildman–Crippen MR) is 139 cm³/mol. The molecular formula is C28H33N5O4. The minimum Gasteiger partial charge on any atom is -0.490 e. The molecule has 0 saturated carbocycles. The van der Waals surface area contributed by atoms with Gasteiger partial charge in [-0.3, -0.25) is 9.69 Å². The predicted octanol–water partition coefficient (Wildman–Crippen LogP) is 3.25. The van der Waals surface area contributed by atoms with Crippen LogP contribution in [0.1, 0.15) is 43.0 Å². The Kier molecular flexibility index (Phi) is 7.91. The van der Waals surface area contributed by atoms with Crippen LogP contribution in [0.5, 0.6) is 5.75 Å². The highest BCUT2D eigenvalue weighted by Gasteiger charge is 2.31. The molecule has 1 aliphatic rings. The van der Waals surface area contributed by atoms with Crippen LogP contribution in [-0.4, -0.2) is 57.9 Å². The standard InChI is InChI=1S/C28H33N5O4/c1-16(2)36-24-8-6-20(13-21(24)14-29)28-31-27(32-37-28)23-7-5-19-9-11-33(12-10-22(19)18(23)4)25(26(30)35)17(3)15-34/h5-8,13,16-17,25,34H,9-12,15H2,1-4H3,(H2,30,35)/t17-,25?/m1/s1. The number of benzene rings is 2. The number of carbonyl (C=O) groups is 1. The van der Waals surface area contributed by atoms with Crippen molar-refractivity contribution in [3.8, 4) is 34.7 Å². The molecule has 0 radical (unpaired) electrons. The molecule has 1 aromatic heterocycles. The zero-order chi connectivity index (χ0) is 26.7. The topological polar surface area (TPSA) is 138 Å². The van der Waals surface area contributed by atoms with E-state index in [1.807, 2.05) is 33.8 Å². The minimum atomic E-state index is -0.505. The summed E-state index contributed by atoms with van der Waals surface area (Å²) in [5.41, 5.74) is 11.1. The van der Waals surface area contributed by atoms with Crippen LogP contribution in [0.3, 0.4) is 0 Å². The molecule has 37 heavy (non-hydrogen) atoms. The largest absolute Gasteiger partial charge is 0.490 e. The number of nitrogens with two attached hydrogens (primary N) is 1. The molecule has 9 heteroatoms. The highest BCUT2D eigenvalue weighted by atomic mass is 16.5. The van der Waals surface area contributed by atoms with Gasteiger partial charge < -0.3 is 20.1 Å². The second-order valence-corrected chi connectivity index (χ2v) is 9.83. The van der Waals surface area contributed by atoms with E-state index in [4.69, 9.17) is 15.0 Å². The van der Waals surface area contributed by atoms with Gasteiger partial charge in [0.1, 0.15) is 11.8 Å². The number of aliphatic hydroxyl groups excluding tert-OH is 1. The number of aliphatic hydroxyl groups is 1. The first-order valence-corrected chi connectivity index (χ1v) is 12.5. The molecule has 0 bridgehead atoms. The highest BCUT2D eigenvalue weighted by Crippen LogP contribution is 2.32. The zero-order valence-corrected chi connectivity index (χ0v) is 21.7. The van der Waals surface area contributed by atoms with E-state index in [9.17, 15) is 15.2 Å². The zero-order valence-electron chi connectivity index (χ0n) is 21.7. The third-order valence-electron chi connectivity index (χ3n) is 6.90. The number of hydrogen-bond acceptors (Lipinski definition) is 8. The van der Waals surface area contributed by atoms with Crippen molar-refractivity contribution in [3.63, 3.8) is 0 Å². The lowest BCUT2D eigenvalue weighted by atomic mass is 9.93. The molecule has 3 aromatic rings. The van der Waals surface area contributed by atoms with Gasteiger partial charge >= 0.3 is 0 Å². The van der Waals surface area contributed by atoms with Gasteiger partial charge in [0.15, 0.2) is 0 Å². The number of rotatable bonds is 8. The first kappa shape index (κ1) is 26.3. The van der Waals surface area contributed by atoms with Gasteiger partial charge in [-0.25, -0.2) is 0 Å². The van der Waals surface area contributed by atoms with Crippen molar-refractivity contribution in [1.29, 1.82) is 5.26 Å². The molecule has 9 nitrogen and oxygen atoms in total. The van der Waals surface area contributed by atoms with Crippen LogP contribution in [0.25, 0.3) is 22.8 Å². The van der Waals surface area contributed by atoms with Gasteiger partial charge in [0, 0.05) is 36.7 Å². The maximum atomic E-state index is 12.1. The second kappa shape index (κ2) is 11.1. The highest BCUT2D eigenvalue weighted by molar-refractivity contribution is 5.80. The van der Waals surface area contributed by atoms with E-state index < -0.39 is 11.9 Å². The van der Waals surface area contributed by atoms with E-state index in [0.717, 1.165) is 24.0 Å². The Labute approximate surface area is 216 Å². The number of nitrogens with zero attached hydrogens (tertiary/aromatic N) is 4. The fraction of sp³-hybridized carbons (Fsp3) is 0.429. The first-order chi connectivity index (χ1) is 17.7. The molecule has 0 fully saturated rings. The summed E-state index contributed by atoms with van der Waals surface area (Å²) in [5.74, 6) is 0.670. The van der Waals surface area contributed by atoms with Crippen molar-refractivity contribution in [2.45, 2.75) is 52.7 Å². The average Bonchev–Trinajstić information content (AvgIpc) is 3.25. The van der Waals surface area contributed by atoms with Gasteiger partial charge in [-0.2, -0.15) is 10.2 Å². The normalized spacial score (nSPS) is 15.5. The van der Waals surface area contributed by atoms with E-state index >= 15 is 0 Å². The van der Waals surface area contributed by atoms with Crippen molar-refractivity contribution < 1.29 is 19.2 Å². The van der Waals surface area contributed by atoms with Crippen LogP contribution < -0.4 is 10.5 Å². The molecule has 0 spiro atoms. The van der Waals surface area contributed by atoms with Gasteiger partial charge in [-0.05, 0) is 68.5 Å². The van der Waals surface area contributed by atoms with Crippen molar-refractivity contribution in [3.05, 3.63) is 52.6 Å². The lowest BCUT2D eigenvalue weighted by molar-refractivity contribution is -0.125. The summed E-state index contributed by atoms with van der Waals surface area (Å²) in [6.07, 6.45) is 1.47. The Morgan fingerprint density at radius 1 is 1.24 bits per heavy atom. The number of primary amides is 1. The van der Waals surface area contributed by atoms with Crippen molar-refractivity contribution in [2.24, 2.45) is 11.7 Å². The van der Waals surface area contributed by atoms with Crippen molar-refractivity contribution in [1.82, 2.24) is 15.0 Å². The number of fused-ring (bicyclic) bond motifs is 1. The number of aromatic nitrogens is 2. The fourth-order valence-corrected chi connectivity index (χ4v) is 5.02. The number of nitriles is 1. The molecule has 0 saturated heterocycles. The molecule has 2 aromatic carbocycles. The third-order valence-corrected chi connectivity index (χ3v) is 6.90. The van der Waals surface area contributed by atoms with Crippen LogP contribution >= 0.6 is 0 Å². The molecule has 0 aliphatic carbocycles. The quantitative estimate of drug-likeness (QED) is 0.478. The number of carbonyl (C=O) groups excluding carboxylic acids is 1. The maximum absolute atomic E-state index is 12.1. The van der Waals surface area contributed by atoms with Gasteiger partial charge in [-0.15, -0.1) is 0 Å². The molecular weight excluding hydrogens is 470 g/mol. The molecule has 1 amide bonds. The Bertz CT molecular complexity index is 1330. The van der Waals surface area contributed by atoms with Crippen LogP contribution in [0.15, 0.2) is 34.9 Å². The molecule has 3 N–H and O–H groups in total. The Balaban J connectivity index is 1.59. The SMILES string of the molecule is Cc1c(-c2noc(-c3ccc(OC(C)C)c(C#N)c3)n2)ccc2c1CCN(C(C(N)=O)[C@H](C)CO)CC2. The van der Waals surface area contributed by atoms with E-state index in [2.05, 4.69) is 27.2 Å². The summed E-state index contributed by atoms with van der Waals surface area (Å²) >= 11 is 0. The van der Waals surface area contributed by atoms with Crippen molar-refractivity contribution >= 4 is 5.91 Å². The lowest BCUT2D eigenvalue weighted by Crippen LogP contribution is -2.50. The summed E-state index contributed by atoms with van der Waals surface area (Å²) in [6, 6.07) is 11.0. The van der Waals surface area contributed by atoms with Gasteiger partial charge in [-0.1, -0.05) is 24.2 Å². The average molecular weight is 504 g/mol. The number of ether oxygens (including phenoxy) is 1. The minimum absolute atomic E-state index is 0.0454. The number of amides is 1.